The molecule has 3 N–H and O–H groups in total. The van der Waals surface area contributed by atoms with Crippen molar-refractivity contribution >= 4 is 57.7 Å². The number of anilines is 1. The number of para-hydroxylation sites is 1. The van der Waals surface area contributed by atoms with Gasteiger partial charge in [0.1, 0.15) is 6.04 Å². The fourth-order valence-corrected chi connectivity index (χ4v) is 7.47. The molecule has 3 aromatic carbocycles. The maximum Gasteiger partial charge on any atom is 0.490 e. The van der Waals surface area contributed by atoms with E-state index in [4.69, 9.17) is 33.1 Å². The number of nitrogens with one attached hydrogen (secondary N) is 2. The summed E-state index contributed by atoms with van der Waals surface area (Å²) in [4.78, 5) is 46.8. The number of piperidine rings is 1. The lowest BCUT2D eigenvalue weighted by atomic mass is 9.88. The molecule has 2 aliphatic heterocycles. The van der Waals surface area contributed by atoms with E-state index in [1.807, 2.05) is 71.5 Å². The van der Waals surface area contributed by atoms with Gasteiger partial charge in [0, 0.05) is 64.9 Å². The van der Waals surface area contributed by atoms with E-state index < -0.39 is 18.2 Å². The number of hydrogen-bond donors (Lipinski definition) is 3. The fraction of sp³-hybridized carbons (Fsp3) is 0.395. The van der Waals surface area contributed by atoms with E-state index >= 15 is 0 Å². The average molecular weight is 761 g/mol. The van der Waals surface area contributed by atoms with Crippen LogP contribution in [0.1, 0.15) is 48.3 Å². The van der Waals surface area contributed by atoms with E-state index in [0.29, 0.717) is 30.6 Å². The summed E-state index contributed by atoms with van der Waals surface area (Å²) >= 11 is 12.5. The van der Waals surface area contributed by atoms with Gasteiger partial charge in [0.15, 0.2) is 0 Å². The number of hydrogen-bond acceptors (Lipinski definition) is 4. The van der Waals surface area contributed by atoms with E-state index in [2.05, 4.69) is 47.5 Å². The first-order valence-corrected chi connectivity index (χ1v) is 17.8. The number of aromatic amines is 1. The lowest BCUT2D eigenvalue weighted by Gasteiger charge is -2.39. The van der Waals surface area contributed by atoms with Gasteiger partial charge in [0.05, 0.1) is 0 Å². The lowest BCUT2D eigenvalue weighted by Crippen LogP contribution is -2.57. The van der Waals surface area contributed by atoms with Gasteiger partial charge in [-0.15, -0.1) is 0 Å². The van der Waals surface area contributed by atoms with Crippen LogP contribution in [0, 0.1) is 5.92 Å². The van der Waals surface area contributed by atoms with Gasteiger partial charge in [0.25, 0.3) is 0 Å². The Labute approximate surface area is 310 Å². The molecule has 0 aliphatic carbocycles. The molecule has 0 spiro atoms. The van der Waals surface area contributed by atoms with Crippen LogP contribution in [0.2, 0.25) is 10.0 Å². The molecule has 6 rings (SSSR count). The quantitative estimate of drug-likeness (QED) is 0.177. The van der Waals surface area contributed by atoms with Crippen molar-refractivity contribution in [2.75, 3.05) is 45.2 Å². The third-order valence-electron chi connectivity index (χ3n) is 9.69. The molecule has 3 atom stereocenters. The number of carbonyl (C=O) groups excluding carboxylic acids is 2. The number of aliphatic carboxylic acids is 1. The predicted molar refractivity (Wildman–Crippen MR) is 197 cm³/mol. The minimum atomic E-state index is -5.08. The molecule has 2 aliphatic rings. The van der Waals surface area contributed by atoms with E-state index in [1.54, 1.807) is 0 Å². The molecule has 3 amide bonds. The number of halogens is 5. The Morgan fingerprint density at radius 1 is 1.00 bits per heavy atom. The van der Waals surface area contributed by atoms with E-state index in [9.17, 15) is 22.8 Å². The smallest absolute Gasteiger partial charge is 0.475 e. The molecule has 52 heavy (non-hydrogen) atoms. The molecular formula is C38H42Cl2F3N5O4. The molecule has 0 saturated carbocycles. The topological polar surface area (TPSA) is 109 Å². The van der Waals surface area contributed by atoms with E-state index in [-0.39, 0.29) is 23.8 Å². The number of fused-ring (bicyclic) bond motifs is 2. The second kappa shape index (κ2) is 16.6. The fourth-order valence-electron chi connectivity index (χ4n) is 7.15. The van der Waals surface area contributed by atoms with Gasteiger partial charge >= 0.3 is 18.2 Å². The molecule has 4 aromatic rings. The normalized spacial score (nSPS) is 17.6. The van der Waals surface area contributed by atoms with Gasteiger partial charge < -0.3 is 30.1 Å². The van der Waals surface area contributed by atoms with Crippen molar-refractivity contribution in [3.05, 3.63) is 99.7 Å². The summed E-state index contributed by atoms with van der Waals surface area (Å²) in [7, 11) is 4.11. The molecule has 278 valence electrons. The number of benzene rings is 3. The van der Waals surface area contributed by atoms with Crippen molar-refractivity contribution in [3.8, 4) is 0 Å². The van der Waals surface area contributed by atoms with Gasteiger partial charge in [-0.25, -0.2) is 9.59 Å². The Morgan fingerprint density at radius 3 is 2.27 bits per heavy atom. The van der Waals surface area contributed by atoms with Crippen LogP contribution in [0.5, 0.6) is 0 Å². The number of rotatable bonds is 7. The minimum absolute atomic E-state index is 0.107. The summed E-state index contributed by atoms with van der Waals surface area (Å²) in [5.41, 5.74) is 5.18. The molecule has 0 radical (unpaired) electrons. The molecule has 1 aromatic heterocycles. The molecule has 0 bridgehead atoms. The number of carbonyl (C=O) groups is 3. The highest BCUT2D eigenvalue weighted by Gasteiger charge is 2.39. The first kappa shape index (κ1) is 39.0. The highest BCUT2D eigenvalue weighted by Crippen LogP contribution is 2.36. The number of likely N-dealkylation sites (tertiary alicyclic amines) is 1. The second-order valence-corrected chi connectivity index (χ2v) is 14.5. The molecule has 9 nitrogen and oxygen atoms in total. The monoisotopic (exact) mass is 759 g/mol. The summed E-state index contributed by atoms with van der Waals surface area (Å²) in [5.74, 6) is -2.54. The SMILES string of the molecule is CC(c1c[nH]c2ccccc12)C(NC(=O)N1CCC(c2ccc(Cl)cc2)CC1)C(=O)N1C[C@@H](CN(C)C)Cc2cc(Cl)ccc21.O=C(O)C(F)(F)F. The van der Waals surface area contributed by atoms with Crippen molar-refractivity contribution in [1.29, 1.82) is 0 Å². The largest absolute Gasteiger partial charge is 0.490 e. The molecular weight excluding hydrogens is 718 g/mol. The maximum atomic E-state index is 14.8. The van der Waals surface area contributed by atoms with Crippen molar-refractivity contribution in [2.24, 2.45) is 5.92 Å². The van der Waals surface area contributed by atoms with Crippen LogP contribution < -0.4 is 10.2 Å². The van der Waals surface area contributed by atoms with Crippen LogP contribution in [0.3, 0.4) is 0 Å². The molecule has 14 heteroatoms. The Kier molecular flexibility index (Phi) is 12.4. The number of amides is 3. The third-order valence-corrected chi connectivity index (χ3v) is 10.2. The first-order valence-electron chi connectivity index (χ1n) is 17.0. The number of alkyl halides is 3. The van der Waals surface area contributed by atoms with Crippen molar-refractivity contribution in [1.82, 2.24) is 20.1 Å². The van der Waals surface area contributed by atoms with Gasteiger partial charge in [-0.2, -0.15) is 13.2 Å². The minimum Gasteiger partial charge on any atom is -0.475 e. The second-order valence-electron chi connectivity index (χ2n) is 13.7. The van der Waals surface area contributed by atoms with E-state index in [0.717, 1.165) is 58.5 Å². The Hall–Kier alpha value is -4.26. The standard InChI is InChI=1S/C36H41Cl2N5O2.C2HF3O2/c1-23(31-20-39-32-7-5-4-6-30(31)32)34(40-36(45)42-16-14-26(15-17-42)25-8-10-28(37)11-9-25)35(44)43-22-24(21-41(2)3)18-27-19-29(38)12-13-33(27)43;3-2(4,5)1(6)7/h4-13,19-20,23-24,26,34,39H,14-18,21-22H2,1-3H3,(H,40,45);(H,6,7)/t23?,24-,34?;/m1./s1. The zero-order chi connectivity index (χ0) is 37.7. The zero-order valence-electron chi connectivity index (χ0n) is 29.1. The van der Waals surface area contributed by atoms with Crippen LogP contribution in [0.15, 0.2) is 72.9 Å². The van der Waals surface area contributed by atoms with Gasteiger partial charge in [-0.1, -0.05) is 60.5 Å². The highest BCUT2D eigenvalue weighted by molar-refractivity contribution is 6.31. The van der Waals surface area contributed by atoms with Crippen LogP contribution in [-0.4, -0.2) is 90.3 Å². The van der Waals surface area contributed by atoms with Crippen LogP contribution in [-0.2, 0) is 16.0 Å². The highest BCUT2D eigenvalue weighted by atomic mass is 35.5. The first-order chi connectivity index (χ1) is 24.6. The van der Waals surface area contributed by atoms with Crippen molar-refractivity contribution in [2.45, 2.75) is 50.2 Å². The summed E-state index contributed by atoms with van der Waals surface area (Å²) in [6, 6.07) is 20.9. The number of nitrogens with zero attached hydrogens (tertiary/aromatic N) is 3. The average Bonchev–Trinajstić information content (AvgIpc) is 3.54. The molecule has 2 unspecified atom stereocenters. The van der Waals surface area contributed by atoms with Crippen molar-refractivity contribution < 1.29 is 32.7 Å². The Balaban J connectivity index is 0.000000679. The van der Waals surface area contributed by atoms with Gasteiger partial charge in [-0.05, 0) is 98.3 Å². The number of carboxylic acid groups (broad SMARTS) is 1. The lowest BCUT2D eigenvalue weighted by molar-refractivity contribution is -0.192. The number of H-pyrrole nitrogens is 1. The van der Waals surface area contributed by atoms with Gasteiger partial charge in [-0.3, -0.25) is 4.79 Å². The number of urea groups is 1. The van der Waals surface area contributed by atoms with Crippen LogP contribution in [0.4, 0.5) is 23.7 Å². The third kappa shape index (κ3) is 9.39. The summed E-state index contributed by atoms with van der Waals surface area (Å²) in [6.45, 7) is 4.70. The Bertz CT molecular complexity index is 1880. The predicted octanol–water partition coefficient (Wildman–Crippen LogP) is 7.94. The summed E-state index contributed by atoms with van der Waals surface area (Å²) in [5, 5.41) is 12.8. The molecule has 1 fully saturated rings. The van der Waals surface area contributed by atoms with Crippen LogP contribution >= 0.6 is 23.2 Å². The molecule has 1 saturated heterocycles. The van der Waals surface area contributed by atoms with Crippen molar-refractivity contribution in [3.63, 3.8) is 0 Å². The number of aromatic nitrogens is 1. The van der Waals surface area contributed by atoms with E-state index in [1.165, 1.54) is 5.56 Å². The zero-order valence-corrected chi connectivity index (χ0v) is 30.6. The Morgan fingerprint density at radius 2 is 1.63 bits per heavy atom. The van der Waals surface area contributed by atoms with Crippen LogP contribution in [0.25, 0.3) is 10.9 Å². The molecule has 3 heterocycles. The maximum absolute atomic E-state index is 14.8. The number of carboxylic acids is 1. The summed E-state index contributed by atoms with van der Waals surface area (Å²) < 4.78 is 31.7. The van der Waals surface area contributed by atoms with Gasteiger partial charge in [0.2, 0.25) is 5.91 Å². The summed E-state index contributed by atoms with van der Waals surface area (Å²) in [6.07, 6.45) is -0.552.